The van der Waals surface area contributed by atoms with Crippen LogP contribution in [0.2, 0.25) is 0 Å². The monoisotopic (exact) mass is 480 g/mol. The van der Waals surface area contributed by atoms with Gasteiger partial charge in [-0.15, -0.1) is 0 Å². The van der Waals surface area contributed by atoms with Gasteiger partial charge in [-0.05, 0) is 18.4 Å². The van der Waals surface area contributed by atoms with Crippen LogP contribution in [0.15, 0.2) is 11.6 Å². The summed E-state index contributed by atoms with van der Waals surface area (Å²) in [6.07, 6.45) is -1.30. The SMILES string of the molecule is CCC(=O)O[C@@H]1[C@@H](O)[C@H]2O[C@@H]3C=C(C)[C@@H](OC(=O)CC(C)C)C[C@]3(COC(C)=O)C1(C)C21CO1. The van der Waals surface area contributed by atoms with Crippen LogP contribution in [0.5, 0.6) is 0 Å². The Bertz CT molecular complexity index is 891. The van der Waals surface area contributed by atoms with Crippen molar-refractivity contribution in [3.8, 4) is 0 Å². The third kappa shape index (κ3) is 3.58. The molecular weight excluding hydrogens is 444 g/mol. The van der Waals surface area contributed by atoms with Gasteiger partial charge < -0.3 is 28.8 Å². The molecule has 0 aromatic rings. The van der Waals surface area contributed by atoms with E-state index in [4.69, 9.17) is 23.7 Å². The Morgan fingerprint density at radius 1 is 1.24 bits per heavy atom. The Hall–Kier alpha value is -1.97. The van der Waals surface area contributed by atoms with E-state index in [0.29, 0.717) is 6.61 Å². The number of epoxide rings is 1. The van der Waals surface area contributed by atoms with Crippen LogP contribution in [0.1, 0.15) is 60.8 Å². The van der Waals surface area contributed by atoms with E-state index in [2.05, 4.69) is 0 Å². The second kappa shape index (κ2) is 8.60. The fourth-order valence-electron chi connectivity index (χ4n) is 6.31. The molecule has 9 nitrogen and oxygen atoms in total. The topological polar surface area (TPSA) is 121 Å². The van der Waals surface area contributed by atoms with Gasteiger partial charge in [0, 0.05) is 26.2 Å². The van der Waals surface area contributed by atoms with Gasteiger partial charge in [0.05, 0.1) is 23.5 Å². The van der Waals surface area contributed by atoms with Gasteiger partial charge in [-0.1, -0.05) is 33.8 Å². The Labute approximate surface area is 200 Å². The summed E-state index contributed by atoms with van der Waals surface area (Å²) in [6.45, 7) is 11.0. The zero-order valence-electron chi connectivity index (χ0n) is 20.8. The summed E-state index contributed by atoms with van der Waals surface area (Å²) in [6, 6.07) is 0. The second-order valence-corrected chi connectivity index (χ2v) is 10.7. The molecule has 2 unspecified atom stereocenters. The standard InChI is InChI=1S/C25H36O9/c1-7-18(27)34-21-20(29)22-25(12-31-25)23(21,6)24(11-30-15(5)26)10-16(14(4)9-17(24)33-22)32-19(28)8-13(2)3/h9,13,16-17,20-22,29H,7-8,10-12H2,1-6H3/t16-,17+,20+,21+,22+,23?,24+,25?/m0/s1. The maximum atomic E-state index is 12.6. The van der Waals surface area contributed by atoms with Gasteiger partial charge in [-0.25, -0.2) is 0 Å². The Morgan fingerprint density at radius 2 is 1.91 bits per heavy atom. The van der Waals surface area contributed by atoms with Gasteiger partial charge in [-0.3, -0.25) is 14.4 Å². The lowest BCUT2D eigenvalue weighted by Crippen LogP contribution is -2.68. The predicted molar refractivity (Wildman–Crippen MR) is 118 cm³/mol. The first-order valence-corrected chi connectivity index (χ1v) is 12.1. The van der Waals surface area contributed by atoms with Crippen LogP contribution in [-0.2, 0) is 38.1 Å². The van der Waals surface area contributed by atoms with E-state index in [-0.39, 0.29) is 37.8 Å². The summed E-state index contributed by atoms with van der Waals surface area (Å²) in [7, 11) is 0. The van der Waals surface area contributed by atoms with Crippen molar-refractivity contribution in [3.63, 3.8) is 0 Å². The van der Waals surface area contributed by atoms with Crippen LogP contribution in [-0.4, -0.2) is 72.3 Å². The summed E-state index contributed by atoms with van der Waals surface area (Å²) >= 11 is 0. The average Bonchev–Trinajstić information content (AvgIpc) is 3.53. The van der Waals surface area contributed by atoms with E-state index in [0.717, 1.165) is 5.57 Å². The summed E-state index contributed by atoms with van der Waals surface area (Å²) in [5.41, 5.74) is -2.00. The van der Waals surface area contributed by atoms with Gasteiger partial charge in [0.25, 0.3) is 0 Å². The van der Waals surface area contributed by atoms with Crippen LogP contribution >= 0.6 is 0 Å². The van der Waals surface area contributed by atoms with Crippen molar-refractivity contribution in [2.24, 2.45) is 16.7 Å². The van der Waals surface area contributed by atoms with Crippen molar-refractivity contribution in [3.05, 3.63) is 11.6 Å². The fourth-order valence-corrected chi connectivity index (χ4v) is 6.31. The number of hydrogen-bond acceptors (Lipinski definition) is 9. The number of carbonyl (C=O) groups excluding carboxylic acids is 3. The minimum atomic E-state index is -1.11. The number of carbonyl (C=O) groups is 3. The molecule has 2 bridgehead atoms. The molecule has 2 aliphatic heterocycles. The molecule has 1 spiro atoms. The highest BCUT2D eigenvalue weighted by molar-refractivity contribution is 5.70. The lowest BCUT2D eigenvalue weighted by Gasteiger charge is -2.58. The maximum absolute atomic E-state index is 12.6. The van der Waals surface area contributed by atoms with Crippen molar-refractivity contribution >= 4 is 17.9 Å². The minimum absolute atomic E-state index is 0.0593. The smallest absolute Gasteiger partial charge is 0.306 e. The van der Waals surface area contributed by atoms with E-state index in [1.807, 2.05) is 33.8 Å². The third-order valence-electron chi connectivity index (χ3n) is 8.26. The van der Waals surface area contributed by atoms with Gasteiger partial charge >= 0.3 is 17.9 Å². The lowest BCUT2D eigenvalue weighted by atomic mass is 9.51. The van der Waals surface area contributed by atoms with Crippen molar-refractivity contribution in [2.45, 2.75) is 96.9 Å². The molecule has 34 heavy (non-hydrogen) atoms. The number of rotatable bonds is 7. The molecule has 1 N–H and O–H groups in total. The normalized spacial score (nSPS) is 42.1. The third-order valence-corrected chi connectivity index (χ3v) is 8.26. The lowest BCUT2D eigenvalue weighted by molar-refractivity contribution is -0.241. The molecule has 8 atom stereocenters. The van der Waals surface area contributed by atoms with Crippen LogP contribution in [0.4, 0.5) is 0 Å². The molecule has 3 fully saturated rings. The van der Waals surface area contributed by atoms with Crippen molar-refractivity contribution < 1.29 is 43.2 Å². The molecule has 0 radical (unpaired) electrons. The zero-order chi connectivity index (χ0) is 25.1. The molecular formula is C25H36O9. The van der Waals surface area contributed by atoms with Crippen LogP contribution < -0.4 is 0 Å². The second-order valence-electron chi connectivity index (χ2n) is 10.7. The van der Waals surface area contributed by atoms with E-state index in [1.54, 1.807) is 6.92 Å². The van der Waals surface area contributed by atoms with Crippen molar-refractivity contribution in [1.29, 1.82) is 0 Å². The molecule has 4 rings (SSSR count). The predicted octanol–water partition coefficient (Wildman–Crippen LogP) is 2.08. The fraction of sp³-hybridized carbons (Fsp3) is 0.800. The molecule has 190 valence electrons. The molecule has 2 heterocycles. The van der Waals surface area contributed by atoms with Gasteiger partial charge in [0.15, 0.2) is 0 Å². The summed E-state index contributed by atoms with van der Waals surface area (Å²) < 4.78 is 29.7. The van der Waals surface area contributed by atoms with Crippen molar-refractivity contribution in [2.75, 3.05) is 13.2 Å². The summed E-state index contributed by atoms with van der Waals surface area (Å²) in [4.78, 5) is 36.9. The minimum Gasteiger partial charge on any atom is -0.465 e. The van der Waals surface area contributed by atoms with E-state index < -0.39 is 58.9 Å². The Balaban J connectivity index is 1.79. The van der Waals surface area contributed by atoms with Crippen LogP contribution in [0.3, 0.4) is 0 Å². The summed E-state index contributed by atoms with van der Waals surface area (Å²) in [5, 5.41) is 11.3. The zero-order valence-corrected chi connectivity index (χ0v) is 20.8. The van der Waals surface area contributed by atoms with E-state index in [1.165, 1.54) is 6.92 Å². The first-order valence-electron chi connectivity index (χ1n) is 12.1. The molecule has 0 aromatic carbocycles. The van der Waals surface area contributed by atoms with Crippen LogP contribution in [0, 0.1) is 16.7 Å². The Kier molecular flexibility index (Phi) is 6.36. The Morgan fingerprint density at radius 3 is 2.47 bits per heavy atom. The first-order chi connectivity index (χ1) is 15.9. The molecule has 0 amide bonds. The number of esters is 3. The number of fused-ring (bicyclic) bond motifs is 2. The number of aliphatic hydroxyl groups is 1. The van der Waals surface area contributed by atoms with Gasteiger partial charge in [0.2, 0.25) is 0 Å². The van der Waals surface area contributed by atoms with Gasteiger partial charge in [0.1, 0.15) is 36.6 Å². The largest absolute Gasteiger partial charge is 0.465 e. The number of aliphatic hydroxyl groups excluding tert-OH is 1. The molecule has 1 saturated carbocycles. The van der Waals surface area contributed by atoms with E-state index >= 15 is 0 Å². The number of ether oxygens (including phenoxy) is 5. The first kappa shape index (κ1) is 25.1. The molecule has 2 aliphatic carbocycles. The molecule has 9 heteroatoms. The van der Waals surface area contributed by atoms with Crippen molar-refractivity contribution in [1.82, 2.24) is 0 Å². The highest BCUT2D eigenvalue weighted by atomic mass is 16.7. The van der Waals surface area contributed by atoms with Gasteiger partial charge in [-0.2, -0.15) is 0 Å². The van der Waals surface area contributed by atoms with Crippen LogP contribution in [0.25, 0.3) is 0 Å². The van der Waals surface area contributed by atoms with E-state index in [9.17, 15) is 19.5 Å². The molecule has 4 aliphatic rings. The number of hydrogen-bond donors (Lipinski definition) is 1. The maximum Gasteiger partial charge on any atom is 0.306 e. The summed E-state index contributed by atoms with van der Waals surface area (Å²) in [5.74, 6) is -1.09. The molecule has 0 aromatic heterocycles. The molecule has 2 saturated heterocycles. The highest BCUT2D eigenvalue weighted by Gasteiger charge is 2.86. The quantitative estimate of drug-likeness (QED) is 0.253. The average molecular weight is 481 g/mol. The highest BCUT2D eigenvalue weighted by Crippen LogP contribution is 2.72.